The van der Waals surface area contributed by atoms with Gasteiger partial charge in [-0.1, -0.05) is 12.1 Å². The number of halogens is 3. The van der Waals surface area contributed by atoms with Crippen LogP contribution in [0.25, 0.3) is 0 Å². The molecule has 2 N–H and O–H groups in total. The molecule has 0 spiro atoms. The van der Waals surface area contributed by atoms with Crippen LogP contribution >= 0.6 is 0 Å². The largest absolute Gasteiger partial charge is 0.573 e. The van der Waals surface area contributed by atoms with Gasteiger partial charge in [0.15, 0.2) is 0 Å². The summed E-state index contributed by atoms with van der Waals surface area (Å²) in [4.78, 5) is 0. The summed E-state index contributed by atoms with van der Waals surface area (Å²) in [5.41, 5.74) is 5.98. The van der Waals surface area contributed by atoms with Crippen molar-refractivity contribution < 1.29 is 22.6 Å². The maximum absolute atomic E-state index is 11.8. The molecule has 0 bridgehead atoms. The Morgan fingerprint density at radius 2 is 1.75 bits per heavy atom. The van der Waals surface area contributed by atoms with Gasteiger partial charge in [-0.3, -0.25) is 0 Å². The third-order valence-corrected chi connectivity index (χ3v) is 1.69. The number of hydrogen-bond acceptors (Lipinski definition) is 3. The zero-order valence-corrected chi connectivity index (χ0v) is 8.46. The Balaban J connectivity index is 2.48. The average Bonchev–Trinajstić information content (AvgIpc) is 2.19. The summed E-state index contributed by atoms with van der Waals surface area (Å²) in [5, 5.41) is 0. The van der Waals surface area contributed by atoms with E-state index in [1.165, 1.54) is 24.3 Å². The lowest BCUT2D eigenvalue weighted by molar-refractivity contribution is -0.274. The quantitative estimate of drug-likeness (QED) is 0.794. The molecule has 0 heterocycles. The van der Waals surface area contributed by atoms with Crippen LogP contribution in [0.1, 0.15) is 5.56 Å². The first kappa shape index (κ1) is 12.8. The molecule has 0 aromatic heterocycles. The van der Waals surface area contributed by atoms with Gasteiger partial charge in [0.05, 0.1) is 13.2 Å². The van der Waals surface area contributed by atoms with E-state index in [2.05, 4.69) is 4.74 Å². The van der Waals surface area contributed by atoms with Crippen LogP contribution in [-0.4, -0.2) is 19.5 Å². The van der Waals surface area contributed by atoms with Gasteiger partial charge in [0, 0.05) is 6.54 Å². The molecule has 1 aromatic rings. The SMILES string of the molecule is NCCOCc1ccc(OC(F)(F)F)cc1. The fourth-order valence-corrected chi connectivity index (χ4v) is 1.06. The summed E-state index contributed by atoms with van der Waals surface area (Å²) < 4.78 is 44.3. The van der Waals surface area contributed by atoms with Crippen LogP contribution in [0.4, 0.5) is 13.2 Å². The first-order valence-corrected chi connectivity index (χ1v) is 4.64. The second-order valence-corrected chi connectivity index (χ2v) is 3.03. The van der Waals surface area contributed by atoms with Crippen molar-refractivity contribution in [1.29, 1.82) is 0 Å². The molecule has 0 aliphatic carbocycles. The van der Waals surface area contributed by atoms with Crippen molar-refractivity contribution in [2.45, 2.75) is 13.0 Å². The van der Waals surface area contributed by atoms with E-state index in [1.54, 1.807) is 0 Å². The van der Waals surface area contributed by atoms with E-state index in [0.717, 1.165) is 5.56 Å². The summed E-state index contributed by atoms with van der Waals surface area (Å²) >= 11 is 0. The van der Waals surface area contributed by atoms with Gasteiger partial charge in [-0.15, -0.1) is 13.2 Å². The number of nitrogens with two attached hydrogens (primary N) is 1. The molecule has 90 valence electrons. The first-order valence-electron chi connectivity index (χ1n) is 4.64. The van der Waals surface area contributed by atoms with Gasteiger partial charge >= 0.3 is 6.36 Å². The summed E-state index contributed by atoms with van der Waals surface area (Å²) in [6, 6.07) is 5.51. The van der Waals surface area contributed by atoms with Crippen LogP contribution < -0.4 is 10.5 Å². The van der Waals surface area contributed by atoms with E-state index in [4.69, 9.17) is 10.5 Å². The third-order valence-electron chi connectivity index (χ3n) is 1.69. The van der Waals surface area contributed by atoms with Crippen LogP contribution in [0, 0.1) is 0 Å². The zero-order chi connectivity index (χ0) is 12.0. The first-order chi connectivity index (χ1) is 7.51. The Kier molecular flexibility index (Phi) is 4.57. The highest BCUT2D eigenvalue weighted by Gasteiger charge is 2.30. The summed E-state index contributed by atoms with van der Waals surface area (Å²) in [6.07, 6.45) is -4.66. The van der Waals surface area contributed by atoms with Gasteiger partial charge in [0.1, 0.15) is 5.75 Å². The summed E-state index contributed by atoms with van der Waals surface area (Å²) in [5.74, 6) is -0.241. The molecule has 0 unspecified atom stereocenters. The molecule has 0 aliphatic heterocycles. The second-order valence-electron chi connectivity index (χ2n) is 3.03. The van der Waals surface area contributed by atoms with Crippen LogP contribution in [-0.2, 0) is 11.3 Å². The Labute approximate surface area is 91.0 Å². The Morgan fingerprint density at radius 3 is 2.25 bits per heavy atom. The number of hydrogen-bond donors (Lipinski definition) is 1. The van der Waals surface area contributed by atoms with Gasteiger partial charge in [-0.25, -0.2) is 0 Å². The van der Waals surface area contributed by atoms with Gasteiger partial charge in [0.25, 0.3) is 0 Å². The van der Waals surface area contributed by atoms with Crippen LogP contribution in [0.5, 0.6) is 5.75 Å². The number of ether oxygens (including phenoxy) is 2. The van der Waals surface area contributed by atoms with E-state index >= 15 is 0 Å². The second kappa shape index (κ2) is 5.72. The van der Waals surface area contributed by atoms with E-state index in [1.807, 2.05) is 0 Å². The van der Waals surface area contributed by atoms with Crippen molar-refractivity contribution >= 4 is 0 Å². The van der Waals surface area contributed by atoms with Crippen molar-refractivity contribution in [1.82, 2.24) is 0 Å². The maximum atomic E-state index is 11.8. The third kappa shape index (κ3) is 4.99. The predicted molar refractivity (Wildman–Crippen MR) is 51.8 cm³/mol. The minimum atomic E-state index is -4.66. The van der Waals surface area contributed by atoms with Crippen molar-refractivity contribution in [3.63, 3.8) is 0 Å². The highest BCUT2D eigenvalue weighted by Crippen LogP contribution is 2.22. The van der Waals surface area contributed by atoms with Crippen molar-refractivity contribution in [3.8, 4) is 5.75 Å². The van der Waals surface area contributed by atoms with Crippen molar-refractivity contribution in [2.24, 2.45) is 5.73 Å². The molecule has 0 atom stereocenters. The van der Waals surface area contributed by atoms with E-state index in [-0.39, 0.29) is 5.75 Å². The van der Waals surface area contributed by atoms with E-state index < -0.39 is 6.36 Å². The smallest absolute Gasteiger partial charge is 0.406 e. The molecule has 0 saturated heterocycles. The molecule has 0 fully saturated rings. The van der Waals surface area contributed by atoms with E-state index in [9.17, 15) is 13.2 Å². The molecule has 1 rings (SSSR count). The minimum Gasteiger partial charge on any atom is -0.406 e. The Bertz CT molecular complexity index is 311. The molecular formula is C10H12F3NO2. The molecule has 0 aliphatic rings. The molecule has 6 heteroatoms. The Hall–Kier alpha value is -1.27. The average molecular weight is 235 g/mol. The molecule has 1 aromatic carbocycles. The molecular weight excluding hydrogens is 223 g/mol. The summed E-state index contributed by atoms with van der Waals surface area (Å²) in [6.45, 7) is 1.15. The van der Waals surface area contributed by atoms with Gasteiger partial charge in [-0.2, -0.15) is 0 Å². The lowest BCUT2D eigenvalue weighted by Crippen LogP contribution is -2.17. The van der Waals surface area contributed by atoms with E-state index in [0.29, 0.717) is 19.8 Å². The van der Waals surface area contributed by atoms with Crippen LogP contribution in [0.2, 0.25) is 0 Å². The number of benzene rings is 1. The normalized spacial score (nSPS) is 11.5. The maximum Gasteiger partial charge on any atom is 0.573 e. The van der Waals surface area contributed by atoms with Gasteiger partial charge in [-0.05, 0) is 17.7 Å². The molecule has 0 saturated carbocycles. The number of alkyl halides is 3. The minimum absolute atomic E-state index is 0.241. The number of rotatable bonds is 5. The Morgan fingerprint density at radius 1 is 1.12 bits per heavy atom. The zero-order valence-electron chi connectivity index (χ0n) is 8.46. The van der Waals surface area contributed by atoms with Gasteiger partial charge in [0.2, 0.25) is 0 Å². The standard InChI is InChI=1S/C10H12F3NO2/c11-10(12,13)16-9-3-1-8(2-4-9)7-15-6-5-14/h1-4H,5-7,14H2. The monoisotopic (exact) mass is 235 g/mol. The van der Waals surface area contributed by atoms with Crippen molar-refractivity contribution in [3.05, 3.63) is 29.8 Å². The fraction of sp³-hybridized carbons (Fsp3) is 0.400. The highest BCUT2D eigenvalue weighted by molar-refractivity contribution is 5.26. The van der Waals surface area contributed by atoms with Crippen molar-refractivity contribution in [2.75, 3.05) is 13.2 Å². The fourth-order valence-electron chi connectivity index (χ4n) is 1.06. The van der Waals surface area contributed by atoms with Gasteiger partial charge < -0.3 is 15.2 Å². The molecule has 0 radical (unpaired) electrons. The van der Waals surface area contributed by atoms with Crippen LogP contribution in [0.3, 0.4) is 0 Å². The molecule has 0 amide bonds. The topological polar surface area (TPSA) is 44.5 Å². The predicted octanol–water partition coefficient (Wildman–Crippen LogP) is 2.06. The molecule has 3 nitrogen and oxygen atoms in total. The lowest BCUT2D eigenvalue weighted by Gasteiger charge is -2.09. The highest BCUT2D eigenvalue weighted by atomic mass is 19.4. The molecule has 16 heavy (non-hydrogen) atoms. The lowest BCUT2D eigenvalue weighted by atomic mass is 10.2. The summed E-state index contributed by atoms with van der Waals surface area (Å²) in [7, 11) is 0. The van der Waals surface area contributed by atoms with Crippen LogP contribution in [0.15, 0.2) is 24.3 Å².